The van der Waals surface area contributed by atoms with Crippen molar-refractivity contribution in [2.75, 3.05) is 43.8 Å². The molecular formula is C19H23N3O5. The SMILES string of the molecule is COc1cc(NC(=O)CNc2cccc(NC(C)=O)c2)cc(OC)c1OC. The van der Waals surface area contributed by atoms with Crippen LogP contribution in [-0.2, 0) is 9.59 Å². The number of nitrogens with one attached hydrogen (secondary N) is 3. The Kier molecular flexibility index (Phi) is 6.87. The summed E-state index contributed by atoms with van der Waals surface area (Å²) in [5.74, 6) is 0.929. The molecule has 3 N–H and O–H groups in total. The second-order valence-corrected chi connectivity index (χ2v) is 5.58. The van der Waals surface area contributed by atoms with Crippen molar-refractivity contribution in [1.29, 1.82) is 0 Å². The molecule has 27 heavy (non-hydrogen) atoms. The van der Waals surface area contributed by atoms with E-state index >= 15 is 0 Å². The standard InChI is InChI=1S/C19H23N3O5/c1-12(23)21-14-7-5-6-13(8-14)20-11-18(24)22-15-9-16(25-2)19(27-4)17(10-15)26-3/h5-10,20H,11H2,1-4H3,(H,21,23)(H,22,24). The fraction of sp³-hybridized carbons (Fsp3) is 0.263. The number of hydrogen-bond donors (Lipinski definition) is 3. The number of ether oxygens (including phenoxy) is 3. The molecule has 0 bridgehead atoms. The molecule has 0 saturated heterocycles. The minimum atomic E-state index is -0.255. The Balaban J connectivity index is 2.03. The molecule has 0 heterocycles. The minimum Gasteiger partial charge on any atom is -0.493 e. The molecule has 0 spiro atoms. The highest BCUT2D eigenvalue weighted by Crippen LogP contribution is 2.39. The first-order valence-electron chi connectivity index (χ1n) is 8.18. The van der Waals surface area contributed by atoms with E-state index in [4.69, 9.17) is 14.2 Å². The van der Waals surface area contributed by atoms with Crippen LogP contribution in [0.5, 0.6) is 17.2 Å². The van der Waals surface area contributed by atoms with E-state index in [0.29, 0.717) is 34.3 Å². The van der Waals surface area contributed by atoms with E-state index in [0.717, 1.165) is 0 Å². The summed E-state index contributed by atoms with van der Waals surface area (Å²) in [4.78, 5) is 23.4. The number of hydrogen-bond acceptors (Lipinski definition) is 6. The minimum absolute atomic E-state index is 0.0419. The van der Waals surface area contributed by atoms with Crippen molar-refractivity contribution in [2.45, 2.75) is 6.92 Å². The summed E-state index contributed by atoms with van der Waals surface area (Å²) in [6.45, 7) is 1.48. The smallest absolute Gasteiger partial charge is 0.243 e. The van der Waals surface area contributed by atoms with Crippen molar-refractivity contribution >= 4 is 28.9 Å². The van der Waals surface area contributed by atoms with E-state index < -0.39 is 0 Å². The fourth-order valence-corrected chi connectivity index (χ4v) is 2.45. The summed E-state index contributed by atoms with van der Waals surface area (Å²) in [7, 11) is 4.52. The zero-order chi connectivity index (χ0) is 19.8. The number of rotatable bonds is 8. The Bertz CT molecular complexity index is 798. The van der Waals surface area contributed by atoms with Crippen LogP contribution in [0.1, 0.15) is 6.92 Å². The quantitative estimate of drug-likeness (QED) is 0.658. The lowest BCUT2D eigenvalue weighted by Gasteiger charge is -2.15. The number of methoxy groups -OCH3 is 3. The number of anilines is 3. The lowest BCUT2D eigenvalue weighted by atomic mass is 10.2. The molecule has 2 aromatic carbocycles. The van der Waals surface area contributed by atoms with Gasteiger partial charge in [0, 0.05) is 36.1 Å². The molecule has 0 aliphatic rings. The van der Waals surface area contributed by atoms with E-state index in [-0.39, 0.29) is 18.4 Å². The topological polar surface area (TPSA) is 97.9 Å². The molecule has 8 heteroatoms. The zero-order valence-corrected chi connectivity index (χ0v) is 15.7. The molecule has 0 atom stereocenters. The summed E-state index contributed by atoms with van der Waals surface area (Å²) in [6.07, 6.45) is 0. The van der Waals surface area contributed by atoms with Gasteiger partial charge in [-0.1, -0.05) is 6.07 Å². The maximum atomic E-state index is 12.2. The van der Waals surface area contributed by atoms with Crippen LogP contribution in [0.25, 0.3) is 0 Å². The molecule has 0 aliphatic heterocycles. The summed E-state index contributed by atoms with van der Waals surface area (Å²) >= 11 is 0. The number of benzene rings is 2. The third-order valence-corrected chi connectivity index (χ3v) is 3.58. The van der Waals surface area contributed by atoms with Crippen molar-refractivity contribution in [2.24, 2.45) is 0 Å². The summed E-state index contributed by atoms with van der Waals surface area (Å²) in [5.41, 5.74) is 1.88. The summed E-state index contributed by atoms with van der Waals surface area (Å²) in [6, 6.07) is 10.4. The fourth-order valence-electron chi connectivity index (χ4n) is 2.45. The first-order chi connectivity index (χ1) is 13.0. The van der Waals surface area contributed by atoms with Crippen LogP contribution in [-0.4, -0.2) is 39.7 Å². The first kappa shape index (κ1) is 19.9. The molecule has 0 saturated carbocycles. The van der Waals surface area contributed by atoms with Crippen molar-refractivity contribution < 1.29 is 23.8 Å². The normalized spacial score (nSPS) is 9.93. The van der Waals surface area contributed by atoms with E-state index in [9.17, 15) is 9.59 Å². The molecule has 144 valence electrons. The lowest BCUT2D eigenvalue weighted by molar-refractivity contribution is -0.115. The summed E-state index contributed by atoms with van der Waals surface area (Å²) < 4.78 is 15.8. The molecule has 0 fully saturated rings. The van der Waals surface area contributed by atoms with E-state index in [1.165, 1.54) is 28.3 Å². The Hall–Kier alpha value is -3.42. The van der Waals surface area contributed by atoms with Gasteiger partial charge in [-0.3, -0.25) is 9.59 Å². The highest BCUT2D eigenvalue weighted by atomic mass is 16.5. The monoisotopic (exact) mass is 373 g/mol. The Morgan fingerprint density at radius 1 is 0.852 bits per heavy atom. The van der Waals surface area contributed by atoms with Gasteiger partial charge in [0.15, 0.2) is 11.5 Å². The van der Waals surface area contributed by atoms with Gasteiger partial charge in [-0.2, -0.15) is 0 Å². The van der Waals surface area contributed by atoms with Gasteiger partial charge in [0.2, 0.25) is 17.6 Å². The van der Waals surface area contributed by atoms with Crippen LogP contribution in [0.2, 0.25) is 0 Å². The molecule has 0 unspecified atom stereocenters. The Morgan fingerprint density at radius 2 is 1.48 bits per heavy atom. The van der Waals surface area contributed by atoms with Crippen molar-refractivity contribution in [1.82, 2.24) is 0 Å². The van der Waals surface area contributed by atoms with Gasteiger partial charge in [0.1, 0.15) is 0 Å². The zero-order valence-electron chi connectivity index (χ0n) is 15.7. The molecule has 2 amide bonds. The summed E-state index contributed by atoms with van der Waals surface area (Å²) in [5, 5.41) is 8.47. The third-order valence-electron chi connectivity index (χ3n) is 3.58. The van der Waals surface area contributed by atoms with Gasteiger partial charge in [0.25, 0.3) is 0 Å². The second-order valence-electron chi connectivity index (χ2n) is 5.58. The highest BCUT2D eigenvalue weighted by Gasteiger charge is 2.14. The molecule has 2 rings (SSSR count). The van der Waals surface area contributed by atoms with Crippen LogP contribution < -0.4 is 30.2 Å². The van der Waals surface area contributed by atoms with Gasteiger partial charge in [-0.05, 0) is 18.2 Å². The van der Waals surface area contributed by atoms with Gasteiger partial charge in [-0.25, -0.2) is 0 Å². The van der Waals surface area contributed by atoms with E-state index in [2.05, 4.69) is 16.0 Å². The average molecular weight is 373 g/mol. The second kappa shape index (κ2) is 9.33. The largest absolute Gasteiger partial charge is 0.493 e. The Morgan fingerprint density at radius 3 is 2.04 bits per heavy atom. The lowest BCUT2D eigenvalue weighted by Crippen LogP contribution is -2.21. The van der Waals surface area contributed by atoms with Crippen molar-refractivity contribution in [3.8, 4) is 17.2 Å². The maximum Gasteiger partial charge on any atom is 0.243 e. The molecule has 0 aliphatic carbocycles. The number of carbonyl (C=O) groups excluding carboxylic acids is 2. The molecule has 0 radical (unpaired) electrons. The van der Waals surface area contributed by atoms with Crippen LogP contribution in [0.3, 0.4) is 0 Å². The van der Waals surface area contributed by atoms with E-state index in [1.54, 1.807) is 36.4 Å². The van der Waals surface area contributed by atoms with Crippen LogP contribution >= 0.6 is 0 Å². The predicted octanol–water partition coefficient (Wildman–Crippen LogP) is 2.72. The average Bonchev–Trinajstić information content (AvgIpc) is 2.65. The van der Waals surface area contributed by atoms with Crippen LogP contribution in [0.15, 0.2) is 36.4 Å². The van der Waals surface area contributed by atoms with Gasteiger partial charge < -0.3 is 30.2 Å². The highest BCUT2D eigenvalue weighted by molar-refractivity contribution is 5.94. The van der Waals surface area contributed by atoms with Gasteiger partial charge >= 0.3 is 0 Å². The maximum absolute atomic E-state index is 12.2. The van der Waals surface area contributed by atoms with Gasteiger partial charge in [0.05, 0.1) is 27.9 Å². The van der Waals surface area contributed by atoms with Crippen LogP contribution in [0, 0.1) is 0 Å². The van der Waals surface area contributed by atoms with Crippen molar-refractivity contribution in [3.63, 3.8) is 0 Å². The molecule has 8 nitrogen and oxygen atoms in total. The third kappa shape index (κ3) is 5.53. The molecule has 2 aromatic rings. The molecular weight excluding hydrogens is 350 g/mol. The number of carbonyl (C=O) groups is 2. The number of amides is 2. The van der Waals surface area contributed by atoms with Crippen LogP contribution in [0.4, 0.5) is 17.1 Å². The first-order valence-corrected chi connectivity index (χ1v) is 8.18. The van der Waals surface area contributed by atoms with Gasteiger partial charge in [-0.15, -0.1) is 0 Å². The van der Waals surface area contributed by atoms with E-state index in [1.807, 2.05) is 0 Å². The predicted molar refractivity (Wildman–Crippen MR) is 104 cm³/mol. The Labute approximate surface area is 157 Å². The van der Waals surface area contributed by atoms with Crippen molar-refractivity contribution in [3.05, 3.63) is 36.4 Å². The molecule has 0 aromatic heterocycles.